The van der Waals surface area contributed by atoms with Crippen LogP contribution in [0.1, 0.15) is 29.3 Å². The van der Waals surface area contributed by atoms with Crippen LogP contribution in [0.15, 0.2) is 61.2 Å². The number of amides is 4. The lowest BCUT2D eigenvalue weighted by Gasteiger charge is -2.25. The van der Waals surface area contributed by atoms with Crippen molar-refractivity contribution < 1.29 is 23.9 Å². The van der Waals surface area contributed by atoms with E-state index in [9.17, 15) is 14.4 Å². The summed E-state index contributed by atoms with van der Waals surface area (Å²) in [6.07, 6.45) is 1.92. The number of imide groups is 1. The number of ether oxygens (including phenoxy) is 2. The Morgan fingerprint density at radius 2 is 1.93 bits per heavy atom. The van der Waals surface area contributed by atoms with E-state index < -0.39 is 23.4 Å². The highest BCUT2D eigenvalue weighted by Gasteiger charge is 2.52. The van der Waals surface area contributed by atoms with Gasteiger partial charge in [-0.1, -0.05) is 49.9 Å². The number of nitrogens with one attached hydrogen (secondary N) is 2. The summed E-state index contributed by atoms with van der Waals surface area (Å²) in [6, 6.07) is 12.8. The summed E-state index contributed by atoms with van der Waals surface area (Å²) in [4.78, 5) is 38.3. The Hall–Kier alpha value is -3.81. The Morgan fingerprint density at radius 3 is 2.57 bits per heavy atom. The van der Waals surface area contributed by atoms with Gasteiger partial charge in [0.25, 0.3) is 11.8 Å². The molecule has 156 valence electrons. The van der Waals surface area contributed by atoms with Gasteiger partial charge >= 0.3 is 6.03 Å². The Kier molecular flexibility index (Phi) is 6.06. The molecule has 0 bridgehead atoms. The van der Waals surface area contributed by atoms with Gasteiger partial charge in [-0.25, -0.2) is 4.79 Å². The average Bonchev–Trinajstić information content (AvgIpc) is 3.03. The Bertz CT molecular complexity index is 976. The molecule has 30 heavy (non-hydrogen) atoms. The van der Waals surface area contributed by atoms with Gasteiger partial charge in [-0.3, -0.25) is 15.0 Å². The number of hydrogen-bond donors (Lipinski definition) is 2. The molecule has 1 aliphatic rings. The predicted octanol–water partition coefficient (Wildman–Crippen LogP) is 2.76. The van der Waals surface area contributed by atoms with Crippen LogP contribution < -0.4 is 20.2 Å². The summed E-state index contributed by atoms with van der Waals surface area (Å²) in [6.45, 7) is 5.66. The average molecular weight is 409 g/mol. The highest BCUT2D eigenvalue weighted by molar-refractivity contribution is 6.09. The number of carbonyl (C=O) groups excluding carboxylic acids is 3. The first-order valence-electron chi connectivity index (χ1n) is 9.41. The van der Waals surface area contributed by atoms with Crippen LogP contribution in [0, 0.1) is 0 Å². The molecule has 1 atom stereocenters. The molecule has 2 aromatic carbocycles. The third-order valence-electron chi connectivity index (χ3n) is 4.88. The van der Waals surface area contributed by atoms with Crippen molar-refractivity contribution in [2.24, 2.45) is 0 Å². The van der Waals surface area contributed by atoms with E-state index in [1.807, 2.05) is 6.07 Å². The molecule has 1 saturated heterocycles. The SMILES string of the molecule is C=CCOc1ccc(C(=O)NN2C(=O)NC(CC)(c3ccccc3)C2=O)cc1OC. The summed E-state index contributed by atoms with van der Waals surface area (Å²) in [5.41, 5.74) is 2.00. The molecule has 0 radical (unpaired) electrons. The van der Waals surface area contributed by atoms with Crippen LogP contribution in [0.4, 0.5) is 4.79 Å². The van der Waals surface area contributed by atoms with Crippen molar-refractivity contribution in [3.63, 3.8) is 0 Å². The third-order valence-corrected chi connectivity index (χ3v) is 4.88. The second-order valence-electron chi connectivity index (χ2n) is 6.60. The molecular formula is C22H23N3O5. The molecule has 8 nitrogen and oxygen atoms in total. The van der Waals surface area contributed by atoms with Gasteiger partial charge in [-0.2, -0.15) is 5.01 Å². The fraction of sp³-hybridized carbons (Fsp3) is 0.227. The van der Waals surface area contributed by atoms with Crippen LogP contribution in [-0.2, 0) is 10.3 Å². The fourth-order valence-corrected chi connectivity index (χ4v) is 3.28. The molecule has 0 aromatic heterocycles. The Morgan fingerprint density at radius 1 is 1.20 bits per heavy atom. The number of urea groups is 1. The maximum absolute atomic E-state index is 13.1. The monoisotopic (exact) mass is 409 g/mol. The highest BCUT2D eigenvalue weighted by atomic mass is 16.5. The summed E-state index contributed by atoms with van der Waals surface area (Å²) in [5, 5.41) is 3.43. The van der Waals surface area contributed by atoms with Crippen molar-refractivity contribution in [2.45, 2.75) is 18.9 Å². The molecule has 1 fully saturated rings. The third kappa shape index (κ3) is 3.71. The van der Waals surface area contributed by atoms with Crippen LogP contribution in [0.5, 0.6) is 11.5 Å². The molecule has 1 unspecified atom stereocenters. The quantitative estimate of drug-likeness (QED) is 0.516. The van der Waals surface area contributed by atoms with Crippen molar-refractivity contribution in [3.05, 3.63) is 72.3 Å². The minimum absolute atomic E-state index is 0.201. The standard InChI is InChI=1S/C22H23N3O5/c1-4-13-30-17-12-11-15(14-18(17)29-3)19(26)24-25-20(27)22(5-2,23-21(25)28)16-9-7-6-8-10-16/h4,6-12,14H,1,5,13H2,2-3H3,(H,23,28)(H,24,26). The first-order valence-corrected chi connectivity index (χ1v) is 9.41. The summed E-state index contributed by atoms with van der Waals surface area (Å²) in [5.74, 6) is -0.397. The van der Waals surface area contributed by atoms with Crippen LogP contribution in [0.2, 0.25) is 0 Å². The van der Waals surface area contributed by atoms with E-state index in [1.165, 1.54) is 19.2 Å². The van der Waals surface area contributed by atoms with Crippen molar-refractivity contribution in [3.8, 4) is 11.5 Å². The van der Waals surface area contributed by atoms with E-state index in [1.54, 1.807) is 43.3 Å². The fourth-order valence-electron chi connectivity index (χ4n) is 3.28. The van der Waals surface area contributed by atoms with Gasteiger partial charge in [0, 0.05) is 5.56 Å². The Balaban J connectivity index is 1.82. The van der Waals surface area contributed by atoms with E-state index >= 15 is 0 Å². The number of hydrogen-bond acceptors (Lipinski definition) is 5. The molecule has 0 aliphatic carbocycles. The van der Waals surface area contributed by atoms with Gasteiger partial charge in [0.1, 0.15) is 12.1 Å². The molecule has 3 rings (SSSR count). The van der Waals surface area contributed by atoms with Gasteiger partial charge in [0.05, 0.1) is 7.11 Å². The lowest BCUT2D eigenvalue weighted by molar-refractivity contribution is -0.133. The molecule has 0 spiro atoms. The van der Waals surface area contributed by atoms with E-state index in [0.717, 1.165) is 0 Å². The molecule has 2 aromatic rings. The first-order chi connectivity index (χ1) is 14.5. The number of hydrazine groups is 1. The second kappa shape index (κ2) is 8.69. The topological polar surface area (TPSA) is 97.0 Å². The van der Waals surface area contributed by atoms with Crippen LogP contribution in [-0.4, -0.2) is 36.6 Å². The molecule has 8 heteroatoms. The van der Waals surface area contributed by atoms with Crippen molar-refractivity contribution in [1.82, 2.24) is 15.8 Å². The molecular weight excluding hydrogens is 386 g/mol. The highest BCUT2D eigenvalue weighted by Crippen LogP contribution is 2.32. The summed E-state index contributed by atoms with van der Waals surface area (Å²) in [7, 11) is 1.45. The van der Waals surface area contributed by atoms with Gasteiger partial charge in [0.15, 0.2) is 11.5 Å². The number of carbonyl (C=O) groups is 3. The van der Waals surface area contributed by atoms with E-state index in [0.29, 0.717) is 28.5 Å². The molecule has 0 saturated carbocycles. The minimum Gasteiger partial charge on any atom is -0.493 e. The normalized spacial score (nSPS) is 18.0. The lowest BCUT2D eigenvalue weighted by Crippen LogP contribution is -2.48. The number of benzene rings is 2. The number of nitrogens with zero attached hydrogens (tertiary/aromatic N) is 1. The van der Waals surface area contributed by atoms with Crippen LogP contribution >= 0.6 is 0 Å². The zero-order valence-corrected chi connectivity index (χ0v) is 16.8. The predicted molar refractivity (Wildman–Crippen MR) is 110 cm³/mol. The summed E-state index contributed by atoms with van der Waals surface area (Å²) < 4.78 is 10.7. The molecule has 1 aliphatic heterocycles. The maximum atomic E-state index is 13.1. The number of rotatable bonds is 8. The van der Waals surface area contributed by atoms with E-state index in [4.69, 9.17) is 9.47 Å². The van der Waals surface area contributed by atoms with Gasteiger partial charge < -0.3 is 14.8 Å². The van der Waals surface area contributed by atoms with Gasteiger partial charge in [-0.05, 0) is 30.2 Å². The summed E-state index contributed by atoms with van der Waals surface area (Å²) >= 11 is 0. The van der Waals surface area contributed by atoms with Gasteiger partial charge in [-0.15, -0.1) is 0 Å². The number of methoxy groups -OCH3 is 1. The molecule has 4 amide bonds. The first kappa shape index (κ1) is 20.9. The zero-order valence-electron chi connectivity index (χ0n) is 16.8. The Labute approximate surface area is 174 Å². The van der Waals surface area contributed by atoms with Crippen molar-refractivity contribution in [2.75, 3.05) is 13.7 Å². The second-order valence-corrected chi connectivity index (χ2v) is 6.60. The largest absolute Gasteiger partial charge is 0.493 e. The molecule has 1 heterocycles. The van der Waals surface area contributed by atoms with Crippen molar-refractivity contribution >= 4 is 17.8 Å². The lowest BCUT2D eigenvalue weighted by atomic mass is 9.87. The smallest absolute Gasteiger partial charge is 0.344 e. The maximum Gasteiger partial charge on any atom is 0.344 e. The zero-order chi connectivity index (χ0) is 21.7. The van der Waals surface area contributed by atoms with Crippen LogP contribution in [0.25, 0.3) is 0 Å². The van der Waals surface area contributed by atoms with Crippen LogP contribution in [0.3, 0.4) is 0 Å². The van der Waals surface area contributed by atoms with Crippen molar-refractivity contribution in [1.29, 1.82) is 0 Å². The minimum atomic E-state index is -1.23. The van der Waals surface area contributed by atoms with Gasteiger partial charge in [0.2, 0.25) is 0 Å². The molecule has 2 N–H and O–H groups in total. The van der Waals surface area contributed by atoms with E-state index in [-0.39, 0.29) is 12.2 Å². The van der Waals surface area contributed by atoms with E-state index in [2.05, 4.69) is 17.3 Å².